The van der Waals surface area contributed by atoms with E-state index in [4.69, 9.17) is 11.6 Å². The van der Waals surface area contributed by atoms with E-state index in [9.17, 15) is 9.50 Å². The SMILES string of the molecule is OC(c1cc(Cl)c(Br)s1)c1ccc(F)cc1Br. The summed E-state index contributed by atoms with van der Waals surface area (Å²) in [5.74, 6) is -0.349. The molecule has 1 nitrogen and oxygen atoms in total. The number of rotatable bonds is 2. The summed E-state index contributed by atoms with van der Waals surface area (Å²) in [5, 5.41) is 10.7. The molecule has 0 fully saturated rings. The van der Waals surface area contributed by atoms with Crippen molar-refractivity contribution in [2.75, 3.05) is 0 Å². The van der Waals surface area contributed by atoms with Crippen LogP contribution in [0.25, 0.3) is 0 Å². The van der Waals surface area contributed by atoms with Crippen molar-refractivity contribution in [2.45, 2.75) is 6.10 Å². The number of aliphatic hydroxyl groups excluding tert-OH is 1. The van der Waals surface area contributed by atoms with Gasteiger partial charge in [0.1, 0.15) is 11.9 Å². The molecule has 2 aromatic rings. The van der Waals surface area contributed by atoms with Crippen LogP contribution in [0.4, 0.5) is 4.39 Å². The van der Waals surface area contributed by atoms with Gasteiger partial charge in [-0.2, -0.15) is 0 Å². The van der Waals surface area contributed by atoms with E-state index >= 15 is 0 Å². The zero-order valence-corrected chi connectivity index (χ0v) is 13.0. The molecule has 17 heavy (non-hydrogen) atoms. The minimum Gasteiger partial charge on any atom is -0.383 e. The van der Waals surface area contributed by atoms with Crippen LogP contribution in [-0.4, -0.2) is 5.11 Å². The van der Waals surface area contributed by atoms with Crippen molar-refractivity contribution in [3.63, 3.8) is 0 Å². The van der Waals surface area contributed by atoms with Crippen LogP contribution in [-0.2, 0) is 0 Å². The number of hydrogen-bond donors (Lipinski definition) is 1. The van der Waals surface area contributed by atoms with E-state index in [0.29, 0.717) is 19.9 Å². The van der Waals surface area contributed by atoms with Gasteiger partial charge in [-0.15, -0.1) is 11.3 Å². The van der Waals surface area contributed by atoms with E-state index in [1.165, 1.54) is 23.5 Å². The van der Waals surface area contributed by atoms with Crippen LogP contribution in [0.3, 0.4) is 0 Å². The molecule has 2 rings (SSSR count). The second-order valence-corrected chi connectivity index (χ2v) is 7.00. The Labute approximate surface area is 123 Å². The topological polar surface area (TPSA) is 20.2 Å². The Balaban J connectivity index is 2.39. The highest BCUT2D eigenvalue weighted by Gasteiger charge is 2.17. The number of hydrogen-bond acceptors (Lipinski definition) is 2. The summed E-state index contributed by atoms with van der Waals surface area (Å²) in [6, 6.07) is 5.87. The average Bonchev–Trinajstić information content (AvgIpc) is 2.58. The number of benzene rings is 1. The lowest BCUT2D eigenvalue weighted by Gasteiger charge is -2.10. The summed E-state index contributed by atoms with van der Waals surface area (Å²) in [5.41, 5.74) is 0.608. The van der Waals surface area contributed by atoms with Crippen LogP contribution >= 0.6 is 54.8 Å². The van der Waals surface area contributed by atoms with Gasteiger partial charge in [0.2, 0.25) is 0 Å². The number of halogens is 4. The molecule has 1 atom stereocenters. The van der Waals surface area contributed by atoms with Gasteiger partial charge in [-0.05, 0) is 34.1 Å². The molecule has 1 aromatic heterocycles. The van der Waals surface area contributed by atoms with Crippen LogP contribution in [0.15, 0.2) is 32.5 Å². The van der Waals surface area contributed by atoms with Crippen molar-refractivity contribution in [2.24, 2.45) is 0 Å². The molecule has 0 amide bonds. The van der Waals surface area contributed by atoms with E-state index in [1.54, 1.807) is 12.1 Å². The summed E-state index contributed by atoms with van der Waals surface area (Å²) in [4.78, 5) is 0.703. The van der Waals surface area contributed by atoms with E-state index < -0.39 is 6.10 Å². The molecule has 1 heterocycles. The second kappa shape index (κ2) is 5.36. The fourth-order valence-electron chi connectivity index (χ4n) is 1.37. The maximum absolute atomic E-state index is 12.9. The summed E-state index contributed by atoms with van der Waals surface area (Å²) in [6.07, 6.45) is -0.821. The van der Waals surface area contributed by atoms with Crippen LogP contribution in [0, 0.1) is 5.82 Å². The fourth-order valence-corrected chi connectivity index (χ4v) is 3.69. The van der Waals surface area contributed by atoms with Gasteiger partial charge >= 0.3 is 0 Å². The van der Waals surface area contributed by atoms with E-state index in [-0.39, 0.29) is 5.82 Å². The van der Waals surface area contributed by atoms with Crippen molar-refractivity contribution < 1.29 is 9.50 Å². The highest BCUT2D eigenvalue weighted by molar-refractivity contribution is 9.11. The first-order valence-electron chi connectivity index (χ1n) is 4.57. The summed E-state index contributed by atoms with van der Waals surface area (Å²) >= 11 is 13.8. The fraction of sp³-hybridized carbons (Fsp3) is 0.0909. The predicted octanol–water partition coefficient (Wildman–Crippen LogP) is 5.15. The van der Waals surface area contributed by atoms with Gasteiger partial charge in [0.25, 0.3) is 0 Å². The molecule has 1 unspecified atom stereocenters. The first-order valence-corrected chi connectivity index (χ1v) is 7.35. The molecule has 0 aliphatic carbocycles. The minimum absolute atomic E-state index is 0.349. The van der Waals surface area contributed by atoms with Gasteiger partial charge in [0.15, 0.2) is 0 Å². The van der Waals surface area contributed by atoms with Crippen molar-refractivity contribution in [3.05, 3.63) is 53.8 Å². The van der Waals surface area contributed by atoms with Gasteiger partial charge in [-0.25, -0.2) is 4.39 Å². The summed E-state index contributed by atoms with van der Waals surface area (Å²) in [6.45, 7) is 0. The third-order valence-corrected chi connectivity index (χ3v) is 5.40. The maximum atomic E-state index is 12.9. The molecule has 0 spiro atoms. The molecule has 1 aromatic carbocycles. The molecule has 1 N–H and O–H groups in total. The predicted molar refractivity (Wildman–Crippen MR) is 75.2 cm³/mol. The normalized spacial score (nSPS) is 12.8. The lowest BCUT2D eigenvalue weighted by atomic mass is 10.1. The Hall–Kier alpha value is 0.0600. The molecule has 0 aliphatic heterocycles. The van der Waals surface area contributed by atoms with E-state index in [2.05, 4.69) is 31.9 Å². The third kappa shape index (κ3) is 2.90. The Bertz CT molecular complexity index is 539. The summed E-state index contributed by atoms with van der Waals surface area (Å²) < 4.78 is 14.2. The van der Waals surface area contributed by atoms with E-state index in [1.807, 2.05) is 0 Å². The minimum atomic E-state index is -0.821. The molecule has 0 aliphatic rings. The maximum Gasteiger partial charge on any atom is 0.124 e. The third-order valence-electron chi connectivity index (χ3n) is 2.19. The van der Waals surface area contributed by atoms with Crippen molar-refractivity contribution in [1.82, 2.24) is 0 Å². The standard InChI is InChI=1S/C11H6Br2ClFOS/c12-7-3-5(15)1-2-6(7)10(16)9-4-8(14)11(13)17-9/h1-4,10,16H. The Morgan fingerprint density at radius 2 is 2.00 bits per heavy atom. The van der Waals surface area contributed by atoms with Crippen molar-refractivity contribution >= 4 is 54.8 Å². The number of thiophene rings is 1. The average molecular weight is 400 g/mol. The first kappa shape index (κ1) is 13.5. The zero-order valence-electron chi connectivity index (χ0n) is 8.25. The monoisotopic (exact) mass is 398 g/mol. The molecule has 0 radical (unpaired) electrons. The van der Waals surface area contributed by atoms with Crippen molar-refractivity contribution in [3.8, 4) is 0 Å². The zero-order chi connectivity index (χ0) is 12.6. The Kier molecular flexibility index (Phi) is 4.26. The van der Waals surface area contributed by atoms with Gasteiger partial charge < -0.3 is 5.11 Å². The molecule has 0 saturated carbocycles. The van der Waals surface area contributed by atoms with Gasteiger partial charge in [-0.1, -0.05) is 33.6 Å². The smallest absolute Gasteiger partial charge is 0.124 e. The van der Waals surface area contributed by atoms with Crippen LogP contribution in [0.1, 0.15) is 16.5 Å². The largest absolute Gasteiger partial charge is 0.383 e. The molecule has 0 bridgehead atoms. The van der Waals surface area contributed by atoms with Crippen LogP contribution < -0.4 is 0 Å². The summed E-state index contributed by atoms with van der Waals surface area (Å²) in [7, 11) is 0. The number of aliphatic hydroxyl groups is 1. The molecule has 90 valence electrons. The molecule has 6 heteroatoms. The second-order valence-electron chi connectivity index (χ2n) is 3.34. The van der Waals surface area contributed by atoms with Gasteiger partial charge in [0, 0.05) is 14.9 Å². The lowest BCUT2D eigenvalue weighted by molar-refractivity contribution is 0.223. The van der Waals surface area contributed by atoms with Gasteiger partial charge in [-0.3, -0.25) is 0 Å². The van der Waals surface area contributed by atoms with Crippen LogP contribution in [0.5, 0.6) is 0 Å². The van der Waals surface area contributed by atoms with Crippen LogP contribution in [0.2, 0.25) is 5.02 Å². The molecular weight excluding hydrogens is 394 g/mol. The van der Waals surface area contributed by atoms with E-state index in [0.717, 1.165) is 3.79 Å². The highest BCUT2D eigenvalue weighted by atomic mass is 79.9. The highest BCUT2D eigenvalue weighted by Crippen LogP contribution is 2.38. The Morgan fingerprint density at radius 3 is 2.53 bits per heavy atom. The first-order chi connectivity index (χ1) is 7.99. The molecule has 0 saturated heterocycles. The Morgan fingerprint density at radius 1 is 1.29 bits per heavy atom. The molecular formula is C11H6Br2ClFOS. The lowest BCUT2D eigenvalue weighted by Crippen LogP contribution is -1.98. The van der Waals surface area contributed by atoms with Gasteiger partial charge in [0.05, 0.1) is 8.81 Å². The van der Waals surface area contributed by atoms with Crippen molar-refractivity contribution in [1.29, 1.82) is 0 Å². The quantitative estimate of drug-likeness (QED) is 0.739.